The molecule has 0 saturated heterocycles. The molecule has 0 bridgehead atoms. The molecule has 9 heteroatoms. The molecule has 0 saturated carbocycles. The number of hydrogen-bond acceptors (Lipinski definition) is 6. The Hall–Kier alpha value is -2.00. The van der Waals surface area contributed by atoms with E-state index in [1.165, 1.54) is 6.07 Å². The van der Waals surface area contributed by atoms with Crippen molar-refractivity contribution < 1.29 is 28.0 Å². The lowest BCUT2D eigenvalue weighted by Gasteiger charge is -2.06. The van der Waals surface area contributed by atoms with Crippen molar-refractivity contribution in [2.45, 2.75) is 12.8 Å². The number of carbonyl (C=O) groups is 1. The molecule has 0 aromatic heterocycles. The molecule has 1 rings (SSSR count). The van der Waals surface area contributed by atoms with E-state index in [0.717, 1.165) is 0 Å². The number of aliphatic carboxylic acids is 1. The van der Waals surface area contributed by atoms with Crippen LogP contribution in [0.1, 0.15) is 12.0 Å². The van der Waals surface area contributed by atoms with Gasteiger partial charge in [0.25, 0.3) is 5.69 Å². The number of sulfone groups is 1. The van der Waals surface area contributed by atoms with Crippen LogP contribution in [-0.4, -0.2) is 49.1 Å². The molecule has 1 aromatic rings. The van der Waals surface area contributed by atoms with Crippen LogP contribution in [0.2, 0.25) is 0 Å². The Morgan fingerprint density at radius 2 is 1.91 bits per heavy atom. The van der Waals surface area contributed by atoms with E-state index in [4.69, 9.17) is 9.84 Å². The van der Waals surface area contributed by atoms with Gasteiger partial charge in [0.15, 0.2) is 9.84 Å². The van der Waals surface area contributed by atoms with Crippen LogP contribution in [-0.2, 0) is 25.8 Å². The number of nitrogens with zero attached hydrogens (tertiary/aromatic N) is 1. The van der Waals surface area contributed by atoms with Gasteiger partial charge in [-0.1, -0.05) is 18.2 Å². The minimum atomic E-state index is -3.46. The van der Waals surface area contributed by atoms with E-state index in [0.29, 0.717) is 12.0 Å². The minimum Gasteiger partial charge on any atom is -0.481 e. The van der Waals surface area contributed by atoms with Gasteiger partial charge in [0.1, 0.15) is 0 Å². The molecule has 1 N–H and O–H groups in total. The lowest BCUT2D eigenvalue weighted by atomic mass is 10.1. The van der Waals surface area contributed by atoms with Crippen molar-refractivity contribution in [2.75, 3.05) is 24.7 Å². The van der Waals surface area contributed by atoms with Gasteiger partial charge in [-0.15, -0.1) is 0 Å². The van der Waals surface area contributed by atoms with Crippen LogP contribution in [0.5, 0.6) is 0 Å². The van der Waals surface area contributed by atoms with Gasteiger partial charge in [0, 0.05) is 18.1 Å². The maximum absolute atomic E-state index is 11.5. The highest BCUT2D eigenvalue weighted by atomic mass is 32.2. The van der Waals surface area contributed by atoms with Crippen LogP contribution in [0.25, 0.3) is 0 Å². The molecule has 8 nitrogen and oxygen atoms in total. The first-order valence-corrected chi connectivity index (χ1v) is 8.36. The van der Waals surface area contributed by atoms with Gasteiger partial charge in [0.2, 0.25) is 0 Å². The first-order valence-electron chi connectivity index (χ1n) is 6.54. The van der Waals surface area contributed by atoms with Crippen LogP contribution >= 0.6 is 0 Å². The highest BCUT2D eigenvalue weighted by molar-refractivity contribution is 7.91. The summed E-state index contributed by atoms with van der Waals surface area (Å²) in [6, 6.07) is 6.26. The highest BCUT2D eigenvalue weighted by Gasteiger charge is 2.14. The molecule has 0 atom stereocenters. The summed E-state index contributed by atoms with van der Waals surface area (Å²) in [6.07, 6.45) is -0.134. The van der Waals surface area contributed by atoms with Crippen molar-refractivity contribution >= 4 is 21.5 Å². The molecule has 122 valence electrons. The molecule has 0 unspecified atom stereocenters. The third-order valence-electron chi connectivity index (χ3n) is 2.87. The quantitative estimate of drug-likeness (QED) is 0.386. The van der Waals surface area contributed by atoms with Crippen molar-refractivity contribution in [3.05, 3.63) is 39.9 Å². The average Bonchev–Trinajstić information content (AvgIpc) is 2.45. The number of benzene rings is 1. The molecule has 0 aliphatic carbocycles. The predicted octanol–water partition coefficient (Wildman–Crippen LogP) is 1.04. The van der Waals surface area contributed by atoms with Crippen molar-refractivity contribution in [2.24, 2.45) is 0 Å². The zero-order chi connectivity index (χ0) is 16.6. The number of nitro groups is 1. The SMILES string of the molecule is O=C(O)CCS(=O)(=O)CCOCCc1ccccc1[N+](=O)[O-]. The van der Waals surface area contributed by atoms with Gasteiger partial charge in [-0.3, -0.25) is 14.9 Å². The van der Waals surface area contributed by atoms with Gasteiger partial charge in [-0.2, -0.15) is 0 Å². The second-order valence-electron chi connectivity index (χ2n) is 4.54. The van der Waals surface area contributed by atoms with E-state index >= 15 is 0 Å². The molecular weight excluding hydrogens is 314 g/mol. The molecule has 0 aliphatic heterocycles. The lowest BCUT2D eigenvalue weighted by Crippen LogP contribution is -2.18. The fraction of sp³-hybridized carbons (Fsp3) is 0.462. The third-order valence-corrected chi connectivity index (χ3v) is 4.48. The van der Waals surface area contributed by atoms with Crippen molar-refractivity contribution in [3.63, 3.8) is 0 Å². The third kappa shape index (κ3) is 6.64. The van der Waals surface area contributed by atoms with Gasteiger partial charge in [-0.05, 0) is 0 Å². The van der Waals surface area contributed by atoms with E-state index in [1.807, 2.05) is 0 Å². The van der Waals surface area contributed by atoms with Gasteiger partial charge < -0.3 is 9.84 Å². The predicted molar refractivity (Wildman–Crippen MR) is 78.5 cm³/mol. The van der Waals surface area contributed by atoms with E-state index in [-0.39, 0.29) is 24.7 Å². The number of carboxylic acid groups (broad SMARTS) is 1. The Bertz CT molecular complexity index is 627. The summed E-state index contributed by atoms with van der Waals surface area (Å²) in [5.74, 6) is -1.85. The Balaban J connectivity index is 2.34. The summed E-state index contributed by atoms with van der Waals surface area (Å²) >= 11 is 0. The Kier molecular flexibility index (Phi) is 6.93. The zero-order valence-electron chi connectivity index (χ0n) is 11.8. The van der Waals surface area contributed by atoms with Crippen LogP contribution in [0.4, 0.5) is 5.69 Å². The number of rotatable bonds is 10. The number of hydrogen-bond donors (Lipinski definition) is 1. The van der Waals surface area contributed by atoms with Crippen molar-refractivity contribution in [1.82, 2.24) is 0 Å². The first-order chi connectivity index (χ1) is 10.3. The first kappa shape index (κ1) is 18.1. The van der Waals surface area contributed by atoms with Crippen LogP contribution < -0.4 is 0 Å². The maximum Gasteiger partial charge on any atom is 0.304 e. The van der Waals surface area contributed by atoms with Crippen molar-refractivity contribution in [3.8, 4) is 0 Å². The molecule has 0 amide bonds. The monoisotopic (exact) mass is 331 g/mol. The molecule has 0 heterocycles. The van der Waals surface area contributed by atoms with E-state index in [9.17, 15) is 23.3 Å². The molecule has 22 heavy (non-hydrogen) atoms. The molecule has 0 radical (unpaired) electrons. The second kappa shape index (κ2) is 8.44. The van der Waals surface area contributed by atoms with Gasteiger partial charge in [0.05, 0.1) is 36.1 Å². The van der Waals surface area contributed by atoms with Gasteiger partial charge >= 0.3 is 5.97 Å². The summed E-state index contributed by atoms with van der Waals surface area (Å²) in [6.45, 7) is 0.0852. The summed E-state index contributed by atoms with van der Waals surface area (Å²) in [4.78, 5) is 20.6. The summed E-state index contributed by atoms with van der Waals surface area (Å²) in [5, 5.41) is 19.2. The number of para-hydroxylation sites is 1. The normalized spacial score (nSPS) is 11.3. The molecule has 0 aliphatic rings. The zero-order valence-corrected chi connectivity index (χ0v) is 12.6. The van der Waals surface area contributed by atoms with E-state index < -0.39 is 32.9 Å². The Morgan fingerprint density at radius 1 is 1.23 bits per heavy atom. The van der Waals surface area contributed by atoms with Gasteiger partial charge in [-0.25, -0.2) is 8.42 Å². The minimum absolute atomic E-state index is 0.000166. The van der Waals surface area contributed by atoms with E-state index in [2.05, 4.69) is 0 Å². The smallest absolute Gasteiger partial charge is 0.304 e. The number of carboxylic acids is 1. The molecular formula is C13H17NO7S. The number of nitro benzene ring substituents is 1. The summed E-state index contributed by atoms with van der Waals surface area (Å²) in [5.41, 5.74) is 0.515. The molecule has 0 fully saturated rings. The lowest BCUT2D eigenvalue weighted by molar-refractivity contribution is -0.385. The van der Waals surface area contributed by atoms with Crippen LogP contribution in [0, 0.1) is 10.1 Å². The van der Waals surface area contributed by atoms with Crippen LogP contribution in [0.15, 0.2) is 24.3 Å². The van der Waals surface area contributed by atoms with Crippen LogP contribution in [0.3, 0.4) is 0 Å². The average molecular weight is 331 g/mol. The number of ether oxygens (including phenoxy) is 1. The Morgan fingerprint density at radius 3 is 2.55 bits per heavy atom. The second-order valence-corrected chi connectivity index (χ2v) is 6.85. The molecule has 1 aromatic carbocycles. The summed E-state index contributed by atoms with van der Waals surface area (Å²) < 4.78 is 28.1. The van der Waals surface area contributed by atoms with Crippen molar-refractivity contribution in [1.29, 1.82) is 0 Å². The largest absolute Gasteiger partial charge is 0.481 e. The highest BCUT2D eigenvalue weighted by Crippen LogP contribution is 2.17. The summed E-state index contributed by atoms with van der Waals surface area (Å²) in [7, 11) is -3.46. The Labute approximate surface area is 127 Å². The topological polar surface area (TPSA) is 124 Å². The molecule has 0 spiro atoms. The van der Waals surface area contributed by atoms with E-state index in [1.54, 1.807) is 18.2 Å². The maximum atomic E-state index is 11.5. The fourth-order valence-electron chi connectivity index (χ4n) is 1.72. The fourth-order valence-corrected chi connectivity index (χ4v) is 2.78. The standard InChI is InChI=1S/C13H17NO7S/c15-13(16)6-9-22(19,20)10-8-21-7-5-11-3-1-2-4-12(11)14(17)18/h1-4H,5-10H2,(H,15,16).